The van der Waals surface area contributed by atoms with Crippen LogP contribution in [0.25, 0.3) is 0 Å². The second kappa shape index (κ2) is 7.81. The van der Waals surface area contributed by atoms with E-state index in [4.69, 9.17) is 14.6 Å². The fraction of sp³-hybridized carbons (Fsp3) is 0.385. The minimum Gasteiger partial charge on any atom is -0.490 e. The molecule has 120 valence electrons. The Morgan fingerprint density at radius 1 is 1.41 bits per heavy atom. The van der Waals surface area contributed by atoms with Gasteiger partial charge in [-0.15, -0.1) is 0 Å². The summed E-state index contributed by atoms with van der Waals surface area (Å²) in [6.07, 6.45) is -0.159. The lowest BCUT2D eigenvalue weighted by atomic mass is 10.3. The molecule has 1 aromatic carbocycles. The molecule has 9 nitrogen and oxygen atoms in total. The molecule has 0 fully saturated rings. The van der Waals surface area contributed by atoms with Crippen molar-refractivity contribution in [3.8, 4) is 11.5 Å². The second-order valence-electron chi connectivity index (χ2n) is 4.34. The van der Waals surface area contributed by atoms with Gasteiger partial charge in [0.05, 0.1) is 18.5 Å². The number of aliphatic carboxylic acids is 1. The van der Waals surface area contributed by atoms with Crippen LogP contribution in [0.3, 0.4) is 0 Å². The molecule has 22 heavy (non-hydrogen) atoms. The molecule has 0 unspecified atom stereocenters. The quantitative estimate of drug-likeness (QED) is 0.559. The molecule has 0 aliphatic rings. The van der Waals surface area contributed by atoms with Crippen molar-refractivity contribution < 1.29 is 29.1 Å². The monoisotopic (exact) mass is 312 g/mol. The van der Waals surface area contributed by atoms with Crippen LogP contribution in [0.1, 0.15) is 6.42 Å². The molecule has 0 aliphatic heterocycles. The topological polar surface area (TPSA) is 119 Å². The van der Waals surface area contributed by atoms with Crippen molar-refractivity contribution in [1.29, 1.82) is 0 Å². The number of hydrogen-bond donors (Lipinski definition) is 1. The van der Waals surface area contributed by atoms with Gasteiger partial charge in [-0.05, 0) is 6.07 Å². The fourth-order valence-electron chi connectivity index (χ4n) is 1.54. The average molecular weight is 312 g/mol. The number of carboxylic acid groups (broad SMARTS) is 1. The molecule has 0 heterocycles. The number of rotatable bonds is 8. The van der Waals surface area contributed by atoms with Crippen LogP contribution in [-0.2, 0) is 9.59 Å². The molecule has 1 amide bonds. The number of nitro benzene ring substituents is 1. The summed E-state index contributed by atoms with van der Waals surface area (Å²) in [6.45, 7) is -0.238. The first-order chi connectivity index (χ1) is 10.3. The van der Waals surface area contributed by atoms with E-state index in [0.29, 0.717) is 0 Å². The van der Waals surface area contributed by atoms with Gasteiger partial charge in [0.25, 0.3) is 5.91 Å². The highest BCUT2D eigenvalue weighted by atomic mass is 16.6. The Morgan fingerprint density at radius 2 is 2.09 bits per heavy atom. The zero-order chi connectivity index (χ0) is 16.7. The Morgan fingerprint density at radius 3 is 2.64 bits per heavy atom. The van der Waals surface area contributed by atoms with Crippen molar-refractivity contribution in [3.05, 3.63) is 28.3 Å². The van der Waals surface area contributed by atoms with Gasteiger partial charge in [-0.25, -0.2) is 0 Å². The third-order valence-corrected chi connectivity index (χ3v) is 2.80. The SMILES string of the molecule is COc1cc(OCC(=O)N(C)CCC(=O)O)ccc1[N+](=O)[O-]. The summed E-state index contributed by atoms with van der Waals surface area (Å²) >= 11 is 0. The molecule has 0 saturated heterocycles. The smallest absolute Gasteiger partial charge is 0.311 e. The van der Waals surface area contributed by atoms with Crippen LogP contribution in [0.4, 0.5) is 5.69 Å². The van der Waals surface area contributed by atoms with Gasteiger partial charge in [0.15, 0.2) is 6.61 Å². The Balaban J connectivity index is 2.62. The summed E-state index contributed by atoms with van der Waals surface area (Å²) in [5.74, 6) is -1.14. The average Bonchev–Trinajstić information content (AvgIpc) is 2.49. The molecule has 1 N–H and O–H groups in total. The summed E-state index contributed by atoms with van der Waals surface area (Å²) in [4.78, 5) is 33.5. The standard InChI is InChI=1S/C13H16N2O7/c1-14(6-5-13(17)18)12(16)8-22-9-3-4-10(15(19)20)11(7-9)21-2/h3-4,7H,5-6,8H2,1-2H3,(H,17,18). The first-order valence-corrected chi connectivity index (χ1v) is 6.26. The molecule has 0 spiro atoms. The summed E-state index contributed by atoms with van der Waals surface area (Å²) in [7, 11) is 2.75. The van der Waals surface area contributed by atoms with Crippen LogP contribution in [0, 0.1) is 10.1 Å². The molecule has 0 atom stereocenters. The normalized spacial score (nSPS) is 9.91. The first kappa shape index (κ1) is 17.2. The molecule has 0 saturated carbocycles. The Bertz CT molecular complexity index is 574. The summed E-state index contributed by atoms with van der Waals surface area (Å²) < 4.78 is 10.1. The maximum atomic E-state index is 11.7. The van der Waals surface area contributed by atoms with E-state index in [1.807, 2.05) is 0 Å². The van der Waals surface area contributed by atoms with Crippen LogP contribution in [-0.4, -0.2) is 54.1 Å². The number of ether oxygens (including phenoxy) is 2. The van der Waals surface area contributed by atoms with Crippen LogP contribution >= 0.6 is 0 Å². The van der Waals surface area contributed by atoms with Gasteiger partial charge in [0, 0.05) is 25.7 Å². The Labute approximate surface area is 126 Å². The third kappa shape index (κ3) is 4.93. The maximum Gasteiger partial charge on any atom is 0.311 e. The highest BCUT2D eigenvalue weighted by Gasteiger charge is 2.16. The van der Waals surface area contributed by atoms with E-state index >= 15 is 0 Å². The molecule has 0 bridgehead atoms. The van der Waals surface area contributed by atoms with Gasteiger partial charge in [0.2, 0.25) is 5.75 Å². The third-order valence-electron chi connectivity index (χ3n) is 2.80. The van der Waals surface area contributed by atoms with Crippen molar-refractivity contribution in [2.24, 2.45) is 0 Å². The van der Waals surface area contributed by atoms with Gasteiger partial charge in [-0.1, -0.05) is 0 Å². The minimum absolute atomic E-state index is 0.0224. The number of carbonyl (C=O) groups excluding carboxylic acids is 1. The van der Waals surface area contributed by atoms with E-state index in [0.717, 1.165) is 0 Å². The van der Waals surface area contributed by atoms with Crippen molar-refractivity contribution in [3.63, 3.8) is 0 Å². The highest BCUT2D eigenvalue weighted by Crippen LogP contribution is 2.30. The zero-order valence-electron chi connectivity index (χ0n) is 12.1. The number of amides is 1. The number of likely N-dealkylation sites (N-methyl/N-ethyl adjacent to an activating group) is 1. The number of methoxy groups -OCH3 is 1. The lowest BCUT2D eigenvalue weighted by Crippen LogP contribution is -2.33. The van der Waals surface area contributed by atoms with Crippen LogP contribution in [0.15, 0.2) is 18.2 Å². The Kier molecular flexibility index (Phi) is 6.11. The molecule has 9 heteroatoms. The summed E-state index contributed by atoms with van der Waals surface area (Å²) in [6, 6.07) is 3.88. The second-order valence-corrected chi connectivity index (χ2v) is 4.34. The zero-order valence-corrected chi connectivity index (χ0v) is 12.1. The van der Waals surface area contributed by atoms with E-state index in [1.54, 1.807) is 0 Å². The largest absolute Gasteiger partial charge is 0.490 e. The molecular formula is C13H16N2O7. The Hall–Kier alpha value is -2.84. The lowest BCUT2D eigenvalue weighted by molar-refractivity contribution is -0.385. The summed E-state index contributed by atoms with van der Waals surface area (Å²) in [5.41, 5.74) is -0.209. The highest BCUT2D eigenvalue weighted by molar-refractivity contribution is 5.78. The minimum atomic E-state index is -0.999. The molecular weight excluding hydrogens is 296 g/mol. The fourth-order valence-corrected chi connectivity index (χ4v) is 1.54. The van der Waals surface area contributed by atoms with Crippen molar-refractivity contribution in [2.45, 2.75) is 6.42 Å². The van der Waals surface area contributed by atoms with Gasteiger partial charge < -0.3 is 19.5 Å². The van der Waals surface area contributed by atoms with Crippen molar-refractivity contribution >= 4 is 17.6 Å². The van der Waals surface area contributed by atoms with Crippen LogP contribution in [0.5, 0.6) is 11.5 Å². The molecule has 1 rings (SSSR count). The molecule has 0 aliphatic carbocycles. The predicted octanol–water partition coefficient (Wildman–Crippen LogP) is 0.915. The number of nitro groups is 1. The van der Waals surface area contributed by atoms with Gasteiger partial charge in [0.1, 0.15) is 5.75 Å². The van der Waals surface area contributed by atoms with Gasteiger partial charge in [-0.2, -0.15) is 0 Å². The first-order valence-electron chi connectivity index (χ1n) is 6.26. The number of carbonyl (C=O) groups is 2. The van der Waals surface area contributed by atoms with E-state index in [2.05, 4.69) is 0 Å². The van der Waals surface area contributed by atoms with Crippen molar-refractivity contribution in [2.75, 3.05) is 27.3 Å². The van der Waals surface area contributed by atoms with E-state index < -0.39 is 16.8 Å². The summed E-state index contributed by atoms with van der Waals surface area (Å²) in [5, 5.41) is 19.3. The maximum absolute atomic E-state index is 11.7. The van der Waals surface area contributed by atoms with Gasteiger partial charge >= 0.3 is 11.7 Å². The number of benzene rings is 1. The van der Waals surface area contributed by atoms with Crippen molar-refractivity contribution in [1.82, 2.24) is 4.90 Å². The predicted molar refractivity (Wildman–Crippen MR) is 75.0 cm³/mol. The van der Waals surface area contributed by atoms with E-state index in [-0.39, 0.29) is 36.8 Å². The van der Waals surface area contributed by atoms with Crippen LogP contribution < -0.4 is 9.47 Å². The van der Waals surface area contributed by atoms with Crippen LogP contribution in [0.2, 0.25) is 0 Å². The molecule has 0 radical (unpaired) electrons. The molecule has 0 aromatic heterocycles. The van der Waals surface area contributed by atoms with E-state index in [1.165, 1.54) is 37.3 Å². The van der Waals surface area contributed by atoms with E-state index in [9.17, 15) is 19.7 Å². The van der Waals surface area contributed by atoms with Gasteiger partial charge in [-0.3, -0.25) is 19.7 Å². The number of carboxylic acids is 1. The lowest BCUT2D eigenvalue weighted by Gasteiger charge is -2.16. The number of hydrogen-bond acceptors (Lipinski definition) is 6. The number of nitrogens with zero attached hydrogens (tertiary/aromatic N) is 2. The molecule has 1 aromatic rings.